The quantitative estimate of drug-likeness (QED) is 0.836. The van der Waals surface area contributed by atoms with Crippen molar-refractivity contribution in [3.63, 3.8) is 0 Å². The number of piperidine rings is 1. The van der Waals surface area contributed by atoms with Gasteiger partial charge in [-0.25, -0.2) is 0 Å². The summed E-state index contributed by atoms with van der Waals surface area (Å²) in [6.45, 7) is 2.41. The van der Waals surface area contributed by atoms with E-state index in [1.807, 2.05) is 18.2 Å². The molecule has 0 bridgehead atoms. The smallest absolute Gasteiger partial charge is 0.135 e. The van der Waals surface area contributed by atoms with Crippen molar-refractivity contribution in [1.29, 1.82) is 0 Å². The highest BCUT2D eigenvalue weighted by Gasteiger charge is 2.49. The maximum atomic E-state index is 11.5. The van der Waals surface area contributed by atoms with Gasteiger partial charge in [-0.05, 0) is 36.1 Å². The van der Waals surface area contributed by atoms with Crippen LogP contribution in [0.25, 0.3) is 0 Å². The highest BCUT2D eigenvalue weighted by Crippen LogP contribution is 2.51. The van der Waals surface area contributed by atoms with E-state index in [9.17, 15) is 4.79 Å². The summed E-state index contributed by atoms with van der Waals surface area (Å²) in [4.78, 5) is 14.0. The van der Waals surface area contributed by atoms with Gasteiger partial charge in [-0.15, -0.1) is 0 Å². The Hall–Kier alpha value is -2.13. The number of carbonyl (C=O) groups is 1. The van der Waals surface area contributed by atoms with E-state index in [4.69, 9.17) is 4.74 Å². The molecule has 0 unspecified atom stereocenters. The molecule has 0 spiro atoms. The largest absolute Gasteiger partial charge is 0.489 e. The van der Waals surface area contributed by atoms with Crippen molar-refractivity contribution >= 4 is 5.78 Å². The zero-order valence-corrected chi connectivity index (χ0v) is 13.9. The molecule has 3 nitrogen and oxygen atoms in total. The van der Waals surface area contributed by atoms with Crippen molar-refractivity contribution in [2.75, 3.05) is 13.1 Å². The Balaban J connectivity index is 1.41. The molecule has 2 fully saturated rings. The van der Waals surface area contributed by atoms with Crippen molar-refractivity contribution in [2.24, 2.45) is 0 Å². The first kappa shape index (κ1) is 15.4. The van der Waals surface area contributed by atoms with Gasteiger partial charge in [0, 0.05) is 31.5 Å². The highest BCUT2D eigenvalue weighted by atomic mass is 16.5. The number of hydrogen-bond donors (Lipinski definition) is 0. The molecule has 0 amide bonds. The number of rotatable bonds is 5. The van der Waals surface area contributed by atoms with Gasteiger partial charge in [0.05, 0.1) is 0 Å². The Morgan fingerprint density at radius 1 is 0.917 bits per heavy atom. The maximum Gasteiger partial charge on any atom is 0.135 e. The Morgan fingerprint density at radius 3 is 2.21 bits per heavy atom. The monoisotopic (exact) mass is 321 g/mol. The van der Waals surface area contributed by atoms with E-state index in [0.29, 0.717) is 25.2 Å². The van der Waals surface area contributed by atoms with E-state index >= 15 is 0 Å². The molecule has 4 rings (SSSR count). The van der Waals surface area contributed by atoms with Crippen LogP contribution in [0.5, 0.6) is 5.75 Å². The van der Waals surface area contributed by atoms with Gasteiger partial charge in [-0.2, -0.15) is 0 Å². The van der Waals surface area contributed by atoms with Crippen LogP contribution in [-0.4, -0.2) is 23.8 Å². The molecule has 1 saturated heterocycles. The number of carbonyl (C=O) groups excluding carboxylic acids is 1. The molecule has 2 aliphatic rings. The van der Waals surface area contributed by atoms with Gasteiger partial charge in [0.15, 0.2) is 0 Å². The molecule has 1 aliphatic heterocycles. The maximum absolute atomic E-state index is 11.5. The first-order chi connectivity index (χ1) is 11.8. The number of likely N-dealkylation sites (tertiary alicyclic amines) is 1. The molecule has 0 aromatic heterocycles. The third-order valence-electron chi connectivity index (χ3n) is 5.29. The Bertz CT molecular complexity index is 694. The van der Waals surface area contributed by atoms with E-state index in [2.05, 4.69) is 41.3 Å². The van der Waals surface area contributed by atoms with Crippen LogP contribution >= 0.6 is 0 Å². The van der Waals surface area contributed by atoms with Crippen LogP contribution in [-0.2, 0) is 16.9 Å². The zero-order chi connectivity index (χ0) is 16.4. The van der Waals surface area contributed by atoms with E-state index in [-0.39, 0.29) is 5.54 Å². The average Bonchev–Trinajstić information content (AvgIpc) is 3.44. The molecule has 24 heavy (non-hydrogen) atoms. The fraction of sp³-hybridized carbons (Fsp3) is 0.381. The van der Waals surface area contributed by atoms with Crippen LogP contribution in [0, 0.1) is 0 Å². The summed E-state index contributed by atoms with van der Waals surface area (Å²) in [6.07, 6.45) is 3.82. The number of Topliss-reactive ketones (excluding diaryl/α,β-unsaturated/α-hetero) is 1. The summed E-state index contributed by atoms with van der Waals surface area (Å²) < 4.78 is 5.88. The molecule has 3 heteroatoms. The summed E-state index contributed by atoms with van der Waals surface area (Å²) in [5.74, 6) is 1.32. The predicted molar refractivity (Wildman–Crippen MR) is 93.9 cm³/mol. The molecule has 0 atom stereocenters. The van der Waals surface area contributed by atoms with Crippen LogP contribution in [0.3, 0.4) is 0 Å². The second-order valence-corrected chi connectivity index (χ2v) is 6.86. The van der Waals surface area contributed by atoms with E-state index in [1.54, 1.807) is 0 Å². The number of benzene rings is 2. The van der Waals surface area contributed by atoms with Crippen LogP contribution < -0.4 is 4.74 Å². The van der Waals surface area contributed by atoms with Gasteiger partial charge in [0.25, 0.3) is 0 Å². The molecule has 2 aromatic carbocycles. The minimum Gasteiger partial charge on any atom is -0.489 e. The average molecular weight is 321 g/mol. The first-order valence-electron chi connectivity index (χ1n) is 8.80. The summed E-state index contributed by atoms with van der Waals surface area (Å²) in [5.41, 5.74) is 2.72. The molecule has 1 heterocycles. The van der Waals surface area contributed by atoms with Crippen LogP contribution in [0.2, 0.25) is 0 Å². The zero-order valence-electron chi connectivity index (χ0n) is 13.9. The van der Waals surface area contributed by atoms with Crippen molar-refractivity contribution in [3.8, 4) is 5.75 Å². The number of nitrogens with zero attached hydrogens (tertiary/aromatic N) is 1. The minimum absolute atomic E-state index is 0.179. The number of ketones is 1. The normalized spacial score (nSPS) is 19.9. The van der Waals surface area contributed by atoms with Crippen molar-refractivity contribution in [1.82, 2.24) is 4.90 Å². The fourth-order valence-electron chi connectivity index (χ4n) is 3.69. The van der Waals surface area contributed by atoms with E-state index in [1.165, 1.54) is 24.0 Å². The summed E-state index contributed by atoms with van der Waals surface area (Å²) >= 11 is 0. The van der Waals surface area contributed by atoms with Gasteiger partial charge in [0.1, 0.15) is 18.1 Å². The highest BCUT2D eigenvalue weighted by molar-refractivity contribution is 5.79. The lowest BCUT2D eigenvalue weighted by Gasteiger charge is -2.34. The second kappa shape index (κ2) is 6.40. The molecule has 124 valence electrons. The third-order valence-corrected chi connectivity index (χ3v) is 5.29. The molecular formula is C21H23NO2. The lowest BCUT2D eigenvalue weighted by molar-refractivity contribution is -0.122. The predicted octanol–water partition coefficient (Wildman–Crippen LogP) is 3.92. The van der Waals surface area contributed by atoms with Crippen molar-refractivity contribution in [2.45, 2.75) is 37.8 Å². The van der Waals surface area contributed by atoms with Crippen molar-refractivity contribution < 1.29 is 9.53 Å². The first-order valence-corrected chi connectivity index (χ1v) is 8.80. The summed E-state index contributed by atoms with van der Waals surface area (Å²) in [5, 5.41) is 0. The summed E-state index contributed by atoms with van der Waals surface area (Å²) in [6, 6.07) is 18.8. The SMILES string of the molecule is O=C1CCN(C2(c3ccc(OCc4ccccc4)cc3)CC2)CC1. The van der Waals surface area contributed by atoms with Gasteiger partial charge < -0.3 is 4.74 Å². The molecular weight excluding hydrogens is 298 g/mol. The molecule has 0 N–H and O–H groups in total. The summed E-state index contributed by atoms with van der Waals surface area (Å²) in [7, 11) is 0. The third kappa shape index (κ3) is 3.09. The van der Waals surface area contributed by atoms with Gasteiger partial charge in [0.2, 0.25) is 0 Å². The van der Waals surface area contributed by atoms with Crippen LogP contribution in [0.1, 0.15) is 36.8 Å². The lowest BCUT2D eigenvalue weighted by Crippen LogP contribution is -2.41. The molecule has 1 saturated carbocycles. The minimum atomic E-state index is 0.179. The van der Waals surface area contributed by atoms with Gasteiger partial charge >= 0.3 is 0 Å². The molecule has 2 aromatic rings. The number of hydrogen-bond acceptors (Lipinski definition) is 3. The number of ether oxygens (including phenoxy) is 1. The van der Waals surface area contributed by atoms with Crippen LogP contribution in [0.4, 0.5) is 0 Å². The van der Waals surface area contributed by atoms with Crippen LogP contribution in [0.15, 0.2) is 54.6 Å². The molecule has 1 aliphatic carbocycles. The van der Waals surface area contributed by atoms with Gasteiger partial charge in [-0.3, -0.25) is 9.69 Å². The Morgan fingerprint density at radius 2 is 1.58 bits per heavy atom. The fourth-order valence-corrected chi connectivity index (χ4v) is 3.69. The second-order valence-electron chi connectivity index (χ2n) is 6.86. The Kier molecular flexibility index (Phi) is 4.11. The van der Waals surface area contributed by atoms with E-state index < -0.39 is 0 Å². The van der Waals surface area contributed by atoms with Gasteiger partial charge in [-0.1, -0.05) is 42.5 Å². The van der Waals surface area contributed by atoms with E-state index in [0.717, 1.165) is 18.8 Å². The molecule has 0 radical (unpaired) electrons. The lowest BCUT2D eigenvalue weighted by atomic mass is 9.99. The topological polar surface area (TPSA) is 29.5 Å². The standard InChI is InChI=1S/C21H23NO2/c23-19-10-14-22(15-11-19)21(12-13-21)18-6-8-20(9-7-18)24-16-17-4-2-1-3-5-17/h1-9H,10-16H2. The van der Waals surface area contributed by atoms with Crippen molar-refractivity contribution in [3.05, 3.63) is 65.7 Å². The Labute approximate surface area is 143 Å².